The highest BCUT2D eigenvalue weighted by Crippen LogP contribution is 2.34. The van der Waals surface area contributed by atoms with E-state index in [4.69, 9.17) is 11.6 Å². The minimum Gasteiger partial charge on any atom is -0.280 e. The summed E-state index contributed by atoms with van der Waals surface area (Å²) in [5, 5.41) is -0.325. The number of hydrogen-bond acceptors (Lipinski definition) is 1. The minimum absolute atomic E-state index is 0.325. The molecule has 0 saturated carbocycles. The van der Waals surface area contributed by atoms with Gasteiger partial charge in [0.25, 0.3) is 0 Å². The van der Waals surface area contributed by atoms with E-state index >= 15 is 0 Å². The first-order chi connectivity index (χ1) is 7.26. The molecule has 0 fully saturated rings. The van der Waals surface area contributed by atoms with Gasteiger partial charge in [-0.3, -0.25) is 4.79 Å². The number of allylic oxidation sites excluding steroid dienone is 4. The van der Waals surface area contributed by atoms with Crippen molar-refractivity contribution in [1.82, 2.24) is 0 Å². The van der Waals surface area contributed by atoms with Crippen molar-refractivity contribution in [2.45, 2.75) is 11.8 Å². The second-order valence-corrected chi connectivity index (χ2v) is 3.95. The van der Waals surface area contributed by atoms with Crippen molar-refractivity contribution in [2.24, 2.45) is 0 Å². The van der Waals surface area contributed by atoms with Crippen molar-refractivity contribution in [2.75, 3.05) is 0 Å². The summed E-state index contributed by atoms with van der Waals surface area (Å²) in [6.07, 6.45) is 8.28. The maximum Gasteiger partial charge on any atom is 0.236 e. The molecule has 0 spiro atoms. The number of hydrogen-bond donors (Lipinski definition) is 0. The van der Waals surface area contributed by atoms with Crippen molar-refractivity contribution in [3.8, 4) is 0 Å². The topological polar surface area (TPSA) is 17.1 Å². The lowest BCUT2D eigenvalue weighted by Gasteiger charge is -2.27. The minimum atomic E-state index is -0.669. The molecule has 0 heterocycles. The smallest absolute Gasteiger partial charge is 0.236 e. The summed E-state index contributed by atoms with van der Waals surface area (Å²) >= 11 is 5.72. The summed E-state index contributed by atoms with van der Waals surface area (Å²) in [5.41, 5.74) is 0.281. The molecule has 0 bridgehead atoms. The van der Waals surface area contributed by atoms with Crippen LogP contribution in [0.15, 0.2) is 54.6 Å². The van der Waals surface area contributed by atoms with Crippen LogP contribution in [0.25, 0.3) is 0 Å². The van der Waals surface area contributed by atoms with Gasteiger partial charge in [0.2, 0.25) is 5.24 Å². The predicted molar refractivity (Wildman–Crippen MR) is 61.9 cm³/mol. The average Bonchev–Trinajstić information content (AvgIpc) is 2.31. The molecular formula is C13H11ClO. The monoisotopic (exact) mass is 218 g/mol. The van der Waals surface area contributed by atoms with E-state index in [0.29, 0.717) is 6.42 Å². The van der Waals surface area contributed by atoms with Crippen molar-refractivity contribution in [3.63, 3.8) is 0 Å². The molecule has 15 heavy (non-hydrogen) atoms. The Morgan fingerprint density at radius 2 is 1.93 bits per heavy atom. The first-order valence-corrected chi connectivity index (χ1v) is 5.23. The Bertz CT molecular complexity index is 419. The molecule has 0 N–H and O–H groups in total. The van der Waals surface area contributed by atoms with Crippen LogP contribution >= 0.6 is 11.6 Å². The van der Waals surface area contributed by atoms with E-state index in [1.54, 1.807) is 0 Å². The molecule has 0 aromatic heterocycles. The normalized spacial score (nSPS) is 24.1. The first-order valence-electron chi connectivity index (χ1n) is 4.85. The fourth-order valence-electron chi connectivity index (χ4n) is 1.83. The Balaban J connectivity index is 2.49. The van der Waals surface area contributed by atoms with Crippen LogP contribution in [0.1, 0.15) is 12.0 Å². The first kappa shape index (κ1) is 10.2. The Morgan fingerprint density at radius 1 is 1.20 bits per heavy atom. The predicted octanol–water partition coefficient (Wildman–Crippen LogP) is 3.21. The van der Waals surface area contributed by atoms with Crippen molar-refractivity contribution in [1.29, 1.82) is 0 Å². The lowest BCUT2D eigenvalue weighted by molar-refractivity contribution is -0.115. The van der Waals surface area contributed by atoms with E-state index in [2.05, 4.69) is 0 Å². The summed E-state index contributed by atoms with van der Waals surface area (Å²) < 4.78 is 0. The molecule has 1 nitrogen and oxygen atoms in total. The number of carbonyl (C=O) groups excluding carboxylic acids is 1. The van der Waals surface area contributed by atoms with E-state index < -0.39 is 5.41 Å². The lowest BCUT2D eigenvalue weighted by atomic mass is 9.76. The van der Waals surface area contributed by atoms with Gasteiger partial charge in [-0.1, -0.05) is 54.6 Å². The average molecular weight is 219 g/mol. The Morgan fingerprint density at radius 3 is 2.47 bits per heavy atom. The molecule has 0 amide bonds. The Hall–Kier alpha value is -1.34. The zero-order valence-electron chi connectivity index (χ0n) is 8.19. The number of benzene rings is 1. The second-order valence-electron chi connectivity index (χ2n) is 3.60. The largest absolute Gasteiger partial charge is 0.280 e. The molecular weight excluding hydrogens is 208 g/mol. The van der Waals surface area contributed by atoms with Gasteiger partial charge in [0, 0.05) is 0 Å². The van der Waals surface area contributed by atoms with E-state index in [0.717, 1.165) is 5.56 Å². The second kappa shape index (κ2) is 4.03. The molecule has 2 rings (SSSR count). The van der Waals surface area contributed by atoms with Crippen LogP contribution < -0.4 is 0 Å². The molecule has 2 heteroatoms. The summed E-state index contributed by atoms with van der Waals surface area (Å²) in [7, 11) is 0. The summed E-state index contributed by atoms with van der Waals surface area (Å²) in [4.78, 5) is 11.6. The van der Waals surface area contributed by atoms with Crippen molar-refractivity contribution >= 4 is 16.8 Å². The summed E-state index contributed by atoms with van der Waals surface area (Å²) in [5.74, 6) is 0. The molecule has 1 aliphatic rings. The van der Waals surface area contributed by atoms with Gasteiger partial charge in [0.1, 0.15) is 0 Å². The summed E-state index contributed by atoms with van der Waals surface area (Å²) in [6, 6.07) is 9.64. The van der Waals surface area contributed by atoms with Gasteiger partial charge < -0.3 is 0 Å². The molecule has 1 atom stereocenters. The molecule has 0 radical (unpaired) electrons. The third kappa shape index (κ3) is 1.75. The molecule has 1 aromatic carbocycles. The lowest BCUT2D eigenvalue weighted by Crippen LogP contribution is -2.30. The van der Waals surface area contributed by atoms with Gasteiger partial charge in [-0.2, -0.15) is 0 Å². The Kier molecular flexibility index (Phi) is 2.74. The van der Waals surface area contributed by atoms with Crippen LogP contribution in [0.4, 0.5) is 0 Å². The zero-order valence-corrected chi connectivity index (χ0v) is 8.95. The third-order valence-electron chi connectivity index (χ3n) is 2.71. The fourth-order valence-corrected chi connectivity index (χ4v) is 2.08. The van der Waals surface area contributed by atoms with Crippen LogP contribution in [0.3, 0.4) is 0 Å². The summed E-state index contributed by atoms with van der Waals surface area (Å²) in [6.45, 7) is 0. The Labute approximate surface area is 94.1 Å². The van der Waals surface area contributed by atoms with E-state index in [1.165, 1.54) is 0 Å². The van der Waals surface area contributed by atoms with E-state index in [-0.39, 0.29) is 5.24 Å². The molecule has 0 aliphatic heterocycles. The van der Waals surface area contributed by atoms with Crippen LogP contribution in [0.5, 0.6) is 0 Å². The van der Waals surface area contributed by atoms with Crippen LogP contribution in [0, 0.1) is 0 Å². The van der Waals surface area contributed by atoms with Gasteiger partial charge in [-0.25, -0.2) is 0 Å². The highest BCUT2D eigenvalue weighted by molar-refractivity contribution is 6.65. The van der Waals surface area contributed by atoms with Gasteiger partial charge in [-0.15, -0.1) is 0 Å². The maximum atomic E-state index is 11.6. The van der Waals surface area contributed by atoms with Crippen LogP contribution in [0.2, 0.25) is 0 Å². The highest BCUT2D eigenvalue weighted by Gasteiger charge is 2.35. The van der Waals surface area contributed by atoms with Gasteiger partial charge >= 0.3 is 0 Å². The molecule has 0 saturated heterocycles. The zero-order chi connectivity index (χ0) is 10.7. The highest BCUT2D eigenvalue weighted by atomic mass is 35.5. The van der Waals surface area contributed by atoms with Crippen molar-refractivity contribution in [3.05, 3.63) is 60.2 Å². The van der Waals surface area contributed by atoms with E-state index in [1.807, 2.05) is 54.6 Å². The van der Waals surface area contributed by atoms with Crippen LogP contribution in [-0.2, 0) is 10.2 Å². The maximum absolute atomic E-state index is 11.6. The molecule has 1 aromatic rings. The number of carbonyl (C=O) groups is 1. The van der Waals surface area contributed by atoms with Gasteiger partial charge in [0.15, 0.2) is 0 Å². The molecule has 1 aliphatic carbocycles. The molecule has 76 valence electrons. The number of rotatable bonds is 2. The van der Waals surface area contributed by atoms with Gasteiger partial charge in [0.05, 0.1) is 5.41 Å². The third-order valence-corrected chi connectivity index (χ3v) is 3.04. The quantitative estimate of drug-likeness (QED) is 0.697. The van der Waals surface area contributed by atoms with Crippen molar-refractivity contribution < 1.29 is 4.79 Å². The standard InChI is InChI=1S/C13H11ClO/c14-12(15)13(9-5-2-6-10-13)11-7-3-1-4-8-11/h1-9H,10H2. The SMILES string of the molecule is O=C(Cl)C1(c2ccccc2)C=CC=CC1. The van der Waals surface area contributed by atoms with Gasteiger partial charge in [-0.05, 0) is 23.6 Å². The van der Waals surface area contributed by atoms with Crippen LogP contribution in [-0.4, -0.2) is 5.24 Å². The molecule has 1 unspecified atom stereocenters. The number of halogens is 1. The van der Waals surface area contributed by atoms with E-state index in [9.17, 15) is 4.79 Å². The fraction of sp³-hybridized carbons (Fsp3) is 0.154.